The highest BCUT2D eigenvalue weighted by molar-refractivity contribution is 7.10. The first kappa shape index (κ1) is 16.4. The number of amides is 1. The van der Waals surface area contributed by atoms with Gasteiger partial charge in [0.1, 0.15) is 0 Å². The van der Waals surface area contributed by atoms with Gasteiger partial charge >= 0.3 is 5.97 Å². The molecule has 2 rings (SSSR count). The van der Waals surface area contributed by atoms with Crippen molar-refractivity contribution >= 4 is 34.8 Å². The van der Waals surface area contributed by atoms with Crippen LogP contribution in [0.2, 0.25) is 5.02 Å². The Morgan fingerprint density at radius 2 is 2.00 bits per heavy atom. The van der Waals surface area contributed by atoms with Crippen molar-refractivity contribution < 1.29 is 23.5 Å². The number of benzene rings is 1. The molecule has 0 unspecified atom stereocenters. The van der Waals surface area contributed by atoms with Gasteiger partial charge in [-0.15, -0.1) is 11.3 Å². The van der Waals surface area contributed by atoms with Gasteiger partial charge in [0.05, 0.1) is 23.0 Å². The molecular formula is C14H10ClF2NO3S. The van der Waals surface area contributed by atoms with Crippen molar-refractivity contribution in [2.75, 3.05) is 0 Å². The summed E-state index contributed by atoms with van der Waals surface area (Å²) in [4.78, 5) is 23.7. The number of thiophene rings is 1. The van der Waals surface area contributed by atoms with Crippen molar-refractivity contribution in [2.24, 2.45) is 0 Å². The standard InChI is InChI=1S/C14H10ClF2NO3S/c15-8-5-10(17)9(16)4-7(8)14(21)18-11(6-13(19)20)12-2-1-3-22-12/h1-5,11H,6H2,(H,18,21)(H,19,20)/t11-/m0/s1. The third kappa shape index (κ3) is 3.80. The van der Waals surface area contributed by atoms with Gasteiger partial charge in [-0.1, -0.05) is 17.7 Å². The van der Waals surface area contributed by atoms with E-state index in [-0.39, 0.29) is 17.0 Å². The molecule has 0 fully saturated rings. The molecule has 1 aromatic carbocycles. The summed E-state index contributed by atoms with van der Waals surface area (Å²) in [6.07, 6.45) is -0.340. The summed E-state index contributed by atoms with van der Waals surface area (Å²) in [5.74, 6) is -4.25. The van der Waals surface area contributed by atoms with Crippen LogP contribution in [-0.4, -0.2) is 17.0 Å². The van der Waals surface area contributed by atoms with E-state index in [4.69, 9.17) is 16.7 Å². The zero-order chi connectivity index (χ0) is 16.3. The molecule has 116 valence electrons. The number of rotatable bonds is 5. The number of hydrogen-bond donors (Lipinski definition) is 2. The Morgan fingerprint density at radius 1 is 1.32 bits per heavy atom. The fraction of sp³-hybridized carbons (Fsp3) is 0.143. The third-order valence-electron chi connectivity index (χ3n) is 2.83. The Bertz CT molecular complexity index is 706. The fourth-order valence-corrected chi connectivity index (χ4v) is 2.83. The van der Waals surface area contributed by atoms with Crippen LogP contribution in [0.15, 0.2) is 29.6 Å². The summed E-state index contributed by atoms with van der Waals surface area (Å²) in [5.41, 5.74) is -0.257. The van der Waals surface area contributed by atoms with Crippen LogP contribution in [0.1, 0.15) is 27.7 Å². The number of halogens is 3. The molecule has 1 atom stereocenters. The molecule has 8 heteroatoms. The van der Waals surface area contributed by atoms with E-state index < -0.39 is 29.6 Å². The zero-order valence-corrected chi connectivity index (χ0v) is 12.5. The van der Waals surface area contributed by atoms with E-state index in [1.165, 1.54) is 11.3 Å². The molecule has 0 saturated heterocycles. The second-order valence-corrected chi connectivity index (χ2v) is 5.77. The molecule has 2 N–H and O–H groups in total. The van der Waals surface area contributed by atoms with Crippen molar-refractivity contribution in [3.63, 3.8) is 0 Å². The van der Waals surface area contributed by atoms with Gasteiger partial charge in [0.15, 0.2) is 11.6 Å². The molecule has 0 radical (unpaired) electrons. The number of hydrogen-bond acceptors (Lipinski definition) is 3. The van der Waals surface area contributed by atoms with E-state index >= 15 is 0 Å². The number of carboxylic acid groups (broad SMARTS) is 1. The summed E-state index contributed by atoms with van der Waals surface area (Å²) in [6, 6.07) is 3.98. The van der Waals surface area contributed by atoms with Gasteiger partial charge in [0.25, 0.3) is 5.91 Å². The van der Waals surface area contributed by atoms with Crippen molar-refractivity contribution in [2.45, 2.75) is 12.5 Å². The van der Waals surface area contributed by atoms with E-state index in [1.54, 1.807) is 17.5 Å². The lowest BCUT2D eigenvalue weighted by atomic mass is 10.1. The highest BCUT2D eigenvalue weighted by Gasteiger charge is 2.22. The lowest BCUT2D eigenvalue weighted by molar-refractivity contribution is -0.137. The van der Waals surface area contributed by atoms with Crippen molar-refractivity contribution in [3.05, 3.63) is 56.7 Å². The average Bonchev–Trinajstić information content (AvgIpc) is 2.95. The summed E-state index contributed by atoms with van der Waals surface area (Å²) in [5, 5.41) is 12.9. The summed E-state index contributed by atoms with van der Waals surface area (Å²) >= 11 is 7.00. The van der Waals surface area contributed by atoms with Crippen LogP contribution < -0.4 is 5.32 Å². The monoisotopic (exact) mass is 345 g/mol. The second-order valence-electron chi connectivity index (χ2n) is 4.39. The van der Waals surface area contributed by atoms with Crippen LogP contribution in [0, 0.1) is 11.6 Å². The molecule has 0 aliphatic heterocycles. The van der Waals surface area contributed by atoms with Gasteiger partial charge in [-0.25, -0.2) is 8.78 Å². The number of aliphatic carboxylic acids is 1. The van der Waals surface area contributed by atoms with Gasteiger partial charge in [0.2, 0.25) is 0 Å². The van der Waals surface area contributed by atoms with Crippen molar-refractivity contribution in [1.29, 1.82) is 0 Å². The maximum Gasteiger partial charge on any atom is 0.305 e. The molecule has 1 aromatic heterocycles. The number of nitrogens with one attached hydrogen (secondary N) is 1. The highest BCUT2D eigenvalue weighted by Crippen LogP contribution is 2.25. The molecule has 22 heavy (non-hydrogen) atoms. The van der Waals surface area contributed by atoms with Crippen LogP contribution in [0.4, 0.5) is 8.78 Å². The fourth-order valence-electron chi connectivity index (χ4n) is 1.82. The predicted molar refractivity (Wildman–Crippen MR) is 78.1 cm³/mol. The van der Waals surface area contributed by atoms with E-state index in [9.17, 15) is 18.4 Å². The largest absolute Gasteiger partial charge is 0.481 e. The van der Waals surface area contributed by atoms with Crippen molar-refractivity contribution in [1.82, 2.24) is 5.32 Å². The molecule has 0 saturated carbocycles. The second kappa shape index (κ2) is 6.85. The first-order chi connectivity index (χ1) is 10.4. The zero-order valence-electron chi connectivity index (χ0n) is 11.0. The molecule has 1 heterocycles. The molecule has 2 aromatic rings. The van der Waals surface area contributed by atoms with E-state index in [1.807, 2.05) is 0 Å². The Balaban J connectivity index is 2.25. The maximum absolute atomic E-state index is 13.2. The van der Waals surface area contributed by atoms with Crippen LogP contribution >= 0.6 is 22.9 Å². The van der Waals surface area contributed by atoms with Crippen LogP contribution in [0.5, 0.6) is 0 Å². The molecule has 0 bridgehead atoms. The van der Waals surface area contributed by atoms with E-state index in [2.05, 4.69) is 5.32 Å². The minimum absolute atomic E-state index is 0.253. The number of carbonyl (C=O) groups excluding carboxylic acids is 1. The van der Waals surface area contributed by atoms with Crippen molar-refractivity contribution in [3.8, 4) is 0 Å². The molecule has 0 spiro atoms. The maximum atomic E-state index is 13.2. The topological polar surface area (TPSA) is 66.4 Å². The smallest absolute Gasteiger partial charge is 0.305 e. The summed E-state index contributed by atoms with van der Waals surface area (Å²) in [7, 11) is 0. The Labute approximate surface area is 133 Å². The molecule has 4 nitrogen and oxygen atoms in total. The summed E-state index contributed by atoms with van der Waals surface area (Å²) < 4.78 is 26.2. The lowest BCUT2D eigenvalue weighted by Gasteiger charge is -2.16. The number of carboxylic acids is 1. The quantitative estimate of drug-likeness (QED) is 0.813. The van der Waals surface area contributed by atoms with Gasteiger partial charge < -0.3 is 10.4 Å². The van der Waals surface area contributed by atoms with E-state index in [0.29, 0.717) is 17.0 Å². The van der Waals surface area contributed by atoms with Gasteiger partial charge in [-0.3, -0.25) is 9.59 Å². The normalized spacial score (nSPS) is 12.0. The van der Waals surface area contributed by atoms with Gasteiger partial charge in [-0.05, 0) is 23.6 Å². The lowest BCUT2D eigenvalue weighted by Crippen LogP contribution is -2.30. The number of carbonyl (C=O) groups is 2. The Morgan fingerprint density at radius 3 is 2.59 bits per heavy atom. The van der Waals surface area contributed by atoms with Gasteiger partial charge in [-0.2, -0.15) is 0 Å². The first-order valence-corrected chi connectivity index (χ1v) is 7.35. The van der Waals surface area contributed by atoms with E-state index in [0.717, 1.165) is 0 Å². The minimum Gasteiger partial charge on any atom is -0.481 e. The molecule has 0 aliphatic rings. The Hall–Kier alpha value is -1.99. The minimum atomic E-state index is -1.21. The SMILES string of the molecule is O=C(O)C[C@H](NC(=O)c1cc(F)c(F)cc1Cl)c1cccs1. The van der Waals surface area contributed by atoms with Crippen LogP contribution in [-0.2, 0) is 4.79 Å². The first-order valence-electron chi connectivity index (χ1n) is 6.09. The predicted octanol–water partition coefficient (Wildman–Crippen LogP) is 3.63. The molecule has 0 aliphatic carbocycles. The van der Waals surface area contributed by atoms with Crippen LogP contribution in [0.25, 0.3) is 0 Å². The Kier molecular flexibility index (Phi) is 5.10. The van der Waals surface area contributed by atoms with Crippen LogP contribution in [0.3, 0.4) is 0 Å². The molecular weight excluding hydrogens is 336 g/mol. The van der Waals surface area contributed by atoms with Gasteiger partial charge in [0, 0.05) is 4.88 Å². The highest BCUT2D eigenvalue weighted by atomic mass is 35.5. The molecule has 1 amide bonds. The third-order valence-corrected chi connectivity index (χ3v) is 4.12. The summed E-state index contributed by atoms with van der Waals surface area (Å²) in [6.45, 7) is 0. The average molecular weight is 346 g/mol.